The Balaban J connectivity index is 4.11. The van der Waals surface area contributed by atoms with Gasteiger partial charge in [-0.1, -0.05) is 153 Å². The molecule has 0 aromatic rings. The summed E-state index contributed by atoms with van der Waals surface area (Å²) in [7, 11) is 0. The van der Waals surface area contributed by atoms with Crippen LogP contribution in [0.3, 0.4) is 0 Å². The minimum atomic E-state index is -0.707. The SMILES string of the molecule is CCCCCCC/C=C\C/C=C\CCCC(CCCCCCCC(=O)O)OC(=O)CCCCCCC/C=C\CCCCCCCCC. The normalized spacial score (nSPS) is 12.6. The van der Waals surface area contributed by atoms with E-state index in [9.17, 15) is 9.59 Å². The van der Waals surface area contributed by atoms with Crippen molar-refractivity contribution < 1.29 is 19.4 Å². The average Bonchev–Trinajstić information content (AvgIpc) is 3.05. The molecule has 0 aliphatic carbocycles. The molecule has 0 aliphatic heterocycles. The summed E-state index contributed by atoms with van der Waals surface area (Å²) < 4.78 is 5.98. The number of allylic oxidation sites excluding steroid dienone is 6. The number of rotatable bonds is 37. The van der Waals surface area contributed by atoms with Crippen LogP contribution in [-0.2, 0) is 14.3 Å². The van der Waals surface area contributed by atoms with Gasteiger partial charge in [0, 0.05) is 12.8 Å². The van der Waals surface area contributed by atoms with Crippen molar-refractivity contribution in [1.29, 1.82) is 0 Å². The third-order valence-electron chi connectivity index (χ3n) is 9.08. The van der Waals surface area contributed by atoms with Crippen molar-refractivity contribution >= 4 is 11.9 Å². The molecule has 4 heteroatoms. The maximum Gasteiger partial charge on any atom is 0.306 e. The van der Waals surface area contributed by atoms with E-state index in [0.29, 0.717) is 6.42 Å². The van der Waals surface area contributed by atoms with Gasteiger partial charge in [-0.2, -0.15) is 0 Å². The predicted octanol–water partition coefficient (Wildman–Crippen LogP) is 14.2. The van der Waals surface area contributed by atoms with E-state index in [1.807, 2.05) is 0 Å². The molecule has 274 valence electrons. The lowest BCUT2D eigenvalue weighted by molar-refractivity contribution is -0.150. The van der Waals surface area contributed by atoms with Gasteiger partial charge in [-0.05, 0) is 89.9 Å². The summed E-state index contributed by atoms with van der Waals surface area (Å²) in [5.41, 5.74) is 0. The highest BCUT2D eigenvalue weighted by atomic mass is 16.5. The number of carboxylic acid groups (broad SMARTS) is 1. The molecular formula is C43H78O4. The van der Waals surface area contributed by atoms with Crippen molar-refractivity contribution in [2.24, 2.45) is 0 Å². The zero-order valence-electron chi connectivity index (χ0n) is 31.3. The fourth-order valence-electron chi connectivity index (χ4n) is 6.04. The van der Waals surface area contributed by atoms with Crippen molar-refractivity contribution in [3.05, 3.63) is 36.5 Å². The fraction of sp³-hybridized carbons (Fsp3) is 0.814. The molecule has 4 nitrogen and oxygen atoms in total. The highest BCUT2D eigenvalue weighted by molar-refractivity contribution is 5.69. The van der Waals surface area contributed by atoms with Gasteiger partial charge in [0.05, 0.1) is 0 Å². The van der Waals surface area contributed by atoms with Gasteiger partial charge < -0.3 is 9.84 Å². The summed E-state index contributed by atoms with van der Waals surface area (Å²) in [6.07, 6.45) is 50.2. The van der Waals surface area contributed by atoms with Crippen LogP contribution in [0.25, 0.3) is 0 Å². The van der Waals surface area contributed by atoms with Crippen molar-refractivity contribution in [2.75, 3.05) is 0 Å². The molecule has 0 heterocycles. The summed E-state index contributed by atoms with van der Waals surface area (Å²) in [4.78, 5) is 23.4. The lowest BCUT2D eigenvalue weighted by Gasteiger charge is -2.18. The van der Waals surface area contributed by atoms with Crippen molar-refractivity contribution in [2.45, 2.75) is 225 Å². The lowest BCUT2D eigenvalue weighted by atomic mass is 10.0. The molecule has 0 aromatic heterocycles. The number of carbonyl (C=O) groups excluding carboxylic acids is 1. The Morgan fingerprint density at radius 2 is 0.851 bits per heavy atom. The van der Waals surface area contributed by atoms with E-state index in [1.54, 1.807) is 0 Å². The average molecular weight is 659 g/mol. The molecule has 0 saturated carbocycles. The summed E-state index contributed by atoms with van der Waals surface area (Å²) in [6, 6.07) is 0. The first-order valence-corrected chi connectivity index (χ1v) is 20.5. The molecule has 47 heavy (non-hydrogen) atoms. The number of hydrogen-bond acceptors (Lipinski definition) is 3. The van der Waals surface area contributed by atoms with E-state index >= 15 is 0 Å². The highest BCUT2D eigenvalue weighted by Gasteiger charge is 2.14. The van der Waals surface area contributed by atoms with E-state index in [2.05, 4.69) is 50.3 Å². The second kappa shape index (κ2) is 38.6. The monoisotopic (exact) mass is 659 g/mol. The maximum absolute atomic E-state index is 12.7. The highest BCUT2D eigenvalue weighted by Crippen LogP contribution is 2.18. The fourth-order valence-corrected chi connectivity index (χ4v) is 6.04. The molecule has 0 saturated heterocycles. The molecule has 1 N–H and O–H groups in total. The largest absolute Gasteiger partial charge is 0.481 e. The van der Waals surface area contributed by atoms with E-state index in [4.69, 9.17) is 9.84 Å². The van der Waals surface area contributed by atoms with Crippen LogP contribution in [-0.4, -0.2) is 23.1 Å². The lowest BCUT2D eigenvalue weighted by Crippen LogP contribution is -2.18. The second-order valence-electron chi connectivity index (χ2n) is 13.8. The Hall–Kier alpha value is -1.84. The van der Waals surface area contributed by atoms with Gasteiger partial charge in [0.2, 0.25) is 0 Å². The number of hydrogen-bond donors (Lipinski definition) is 1. The van der Waals surface area contributed by atoms with E-state index < -0.39 is 5.97 Å². The smallest absolute Gasteiger partial charge is 0.306 e. The summed E-state index contributed by atoms with van der Waals surface area (Å²) >= 11 is 0. The Morgan fingerprint density at radius 3 is 1.36 bits per heavy atom. The number of ether oxygens (including phenoxy) is 1. The summed E-state index contributed by atoms with van der Waals surface area (Å²) in [5, 5.41) is 8.82. The molecule has 0 amide bonds. The minimum Gasteiger partial charge on any atom is -0.481 e. The third-order valence-corrected chi connectivity index (χ3v) is 9.08. The van der Waals surface area contributed by atoms with Crippen LogP contribution in [0.5, 0.6) is 0 Å². The third kappa shape index (κ3) is 38.5. The van der Waals surface area contributed by atoms with Crippen LogP contribution in [0.4, 0.5) is 0 Å². The van der Waals surface area contributed by atoms with Gasteiger partial charge in [0.15, 0.2) is 0 Å². The van der Waals surface area contributed by atoms with Gasteiger partial charge in [-0.15, -0.1) is 0 Å². The molecule has 0 radical (unpaired) electrons. The molecular weight excluding hydrogens is 580 g/mol. The van der Waals surface area contributed by atoms with E-state index in [-0.39, 0.29) is 18.5 Å². The topological polar surface area (TPSA) is 63.6 Å². The summed E-state index contributed by atoms with van der Waals surface area (Å²) in [5.74, 6) is -0.735. The molecule has 0 rings (SSSR count). The van der Waals surface area contributed by atoms with Crippen LogP contribution in [0.15, 0.2) is 36.5 Å². The van der Waals surface area contributed by atoms with Crippen molar-refractivity contribution in [3.8, 4) is 0 Å². The first-order chi connectivity index (χ1) is 23.1. The second-order valence-corrected chi connectivity index (χ2v) is 13.8. The van der Waals surface area contributed by atoms with Crippen molar-refractivity contribution in [1.82, 2.24) is 0 Å². The standard InChI is InChI=1S/C43H78O4/c1-3-5-7-9-11-13-15-17-18-19-21-23-25-27-32-36-40-43(46)47-41(38-34-30-28-31-35-39-42(44)45)37-33-29-26-24-22-20-16-14-12-10-8-6-4-2/h16,18-20,24,26,41H,3-15,17,21-23,25,27-40H2,1-2H3,(H,44,45)/b19-18-,20-16-,26-24-. The zero-order chi connectivity index (χ0) is 34.3. The van der Waals surface area contributed by atoms with Gasteiger partial charge in [0.1, 0.15) is 6.10 Å². The van der Waals surface area contributed by atoms with Crippen LogP contribution in [0.2, 0.25) is 0 Å². The van der Waals surface area contributed by atoms with Crippen LogP contribution < -0.4 is 0 Å². The molecule has 1 atom stereocenters. The van der Waals surface area contributed by atoms with Gasteiger partial charge in [-0.3, -0.25) is 9.59 Å². The van der Waals surface area contributed by atoms with Gasteiger partial charge >= 0.3 is 11.9 Å². The Bertz CT molecular complexity index is 753. The Morgan fingerprint density at radius 1 is 0.468 bits per heavy atom. The van der Waals surface area contributed by atoms with E-state index in [1.165, 1.54) is 116 Å². The van der Waals surface area contributed by atoms with Crippen molar-refractivity contribution in [3.63, 3.8) is 0 Å². The van der Waals surface area contributed by atoms with Gasteiger partial charge in [-0.25, -0.2) is 0 Å². The molecule has 0 aromatic carbocycles. The summed E-state index contributed by atoms with van der Waals surface area (Å²) in [6.45, 7) is 4.53. The molecule has 1 unspecified atom stereocenters. The van der Waals surface area contributed by atoms with E-state index in [0.717, 1.165) is 77.0 Å². The quantitative estimate of drug-likeness (QED) is 0.0410. The molecule has 0 aliphatic rings. The Kier molecular flexibility index (Phi) is 37.1. The molecule has 0 fully saturated rings. The zero-order valence-corrected chi connectivity index (χ0v) is 31.3. The first-order valence-electron chi connectivity index (χ1n) is 20.5. The maximum atomic E-state index is 12.7. The van der Waals surface area contributed by atoms with Crippen LogP contribution >= 0.6 is 0 Å². The number of aliphatic carboxylic acids is 1. The predicted molar refractivity (Wildman–Crippen MR) is 204 cm³/mol. The molecule has 0 spiro atoms. The number of unbranched alkanes of at least 4 members (excludes halogenated alkanes) is 22. The number of carbonyl (C=O) groups is 2. The minimum absolute atomic E-state index is 0.00960. The number of esters is 1. The van der Waals surface area contributed by atoms with Crippen LogP contribution in [0, 0.1) is 0 Å². The Labute approximate surface area is 292 Å². The first kappa shape index (κ1) is 45.2. The van der Waals surface area contributed by atoms with Crippen LogP contribution in [0.1, 0.15) is 219 Å². The number of carboxylic acids is 1. The molecule has 0 bridgehead atoms. The van der Waals surface area contributed by atoms with Gasteiger partial charge in [0.25, 0.3) is 0 Å².